The van der Waals surface area contributed by atoms with Gasteiger partial charge in [0, 0.05) is 5.02 Å². The van der Waals surface area contributed by atoms with Crippen LogP contribution >= 0.6 is 22.9 Å². The number of aromatic hydroxyl groups is 1. The highest BCUT2D eigenvalue weighted by molar-refractivity contribution is 7.07. The van der Waals surface area contributed by atoms with Gasteiger partial charge in [-0.1, -0.05) is 41.1 Å². The second-order valence-electron chi connectivity index (χ2n) is 7.29. The number of rotatable bonds is 5. The highest BCUT2D eigenvalue weighted by atomic mass is 35.5. The van der Waals surface area contributed by atoms with Crippen LogP contribution in [-0.4, -0.2) is 29.4 Å². The Balaban J connectivity index is 1.93. The van der Waals surface area contributed by atoms with Gasteiger partial charge in [-0.05, 0) is 55.3 Å². The molecular weight excluding hydrogens is 464 g/mol. The van der Waals surface area contributed by atoms with Crippen LogP contribution in [0.5, 0.6) is 11.5 Å². The quantitative estimate of drug-likeness (QED) is 0.562. The van der Waals surface area contributed by atoms with Gasteiger partial charge in [0.15, 0.2) is 16.3 Å². The molecule has 0 aliphatic carbocycles. The predicted molar refractivity (Wildman–Crippen MR) is 127 cm³/mol. The van der Waals surface area contributed by atoms with Crippen LogP contribution in [0.25, 0.3) is 6.08 Å². The number of aromatic nitrogens is 1. The number of carbonyl (C=O) groups is 1. The number of phenolic OH excluding ortho intramolecular Hbond substituents is 1. The minimum absolute atomic E-state index is 0.0292. The molecule has 0 amide bonds. The molecule has 0 radical (unpaired) electrons. The van der Waals surface area contributed by atoms with Crippen molar-refractivity contribution in [3.63, 3.8) is 0 Å². The Morgan fingerprint density at radius 3 is 2.64 bits per heavy atom. The fraction of sp³-hybridized carbons (Fsp3) is 0.208. The number of methoxy groups -OCH3 is 1. The first kappa shape index (κ1) is 22.8. The van der Waals surface area contributed by atoms with Crippen molar-refractivity contribution in [1.82, 2.24) is 4.57 Å². The molecule has 4 rings (SSSR count). The van der Waals surface area contributed by atoms with Crippen molar-refractivity contribution in [3.8, 4) is 11.5 Å². The summed E-state index contributed by atoms with van der Waals surface area (Å²) in [5.74, 6) is -0.211. The van der Waals surface area contributed by atoms with Crippen LogP contribution in [-0.2, 0) is 9.53 Å². The summed E-state index contributed by atoms with van der Waals surface area (Å²) in [6, 6.07) is 11.2. The lowest BCUT2D eigenvalue weighted by molar-refractivity contribution is -0.139. The monoisotopic (exact) mass is 484 g/mol. The molecule has 0 saturated heterocycles. The molecule has 1 atom stereocenters. The van der Waals surface area contributed by atoms with E-state index >= 15 is 0 Å². The molecule has 0 unspecified atom stereocenters. The number of hydrogen-bond donors (Lipinski definition) is 1. The highest BCUT2D eigenvalue weighted by Crippen LogP contribution is 2.31. The van der Waals surface area contributed by atoms with Gasteiger partial charge in [0.05, 0.1) is 35.6 Å². The van der Waals surface area contributed by atoms with E-state index in [1.54, 1.807) is 56.3 Å². The van der Waals surface area contributed by atoms with Crippen molar-refractivity contribution >= 4 is 35.0 Å². The van der Waals surface area contributed by atoms with Crippen LogP contribution in [0.4, 0.5) is 0 Å². The lowest BCUT2D eigenvalue weighted by Gasteiger charge is -2.24. The van der Waals surface area contributed by atoms with Crippen LogP contribution in [0.1, 0.15) is 31.0 Å². The smallest absolute Gasteiger partial charge is 0.338 e. The van der Waals surface area contributed by atoms with E-state index in [1.165, 1.54) is 29.1 Å². The van der Waals surface area contributed by atoms with E-state index in [-0.39, 0.29) is 17.9 Å². The zero-order valence-electron chi connectivity index (χ0n) is 18.2. The molecule has 1 N–H and O–H groups in total. The number of nitrogens with zero attached hydrogens (tertiary/aromatic N) is 2. The average Bonchev–Trinajstić information content (AvgIpc) is 3.08. The Labute approximate surface area is 198 Å². The largest absolute Gasteiger partial charge is 0.504 e. The molecule has 1 aromatic heterocycles. The second-order valence-corrected chi connectivity index (χ2v) is 8.73. The van der Waals surface area contributed by atoms with Crippen LogP contribution in [0.15, 0.2) is 63.5 Å². The van der Waals surface area contributed by atoms with Gasteiger partial charge in [0.1, 0.15) is 0 Å². The van der Waals surface area contributed by atoms with E-state index in [4.69, 9.17) is 21.1 Å². The third kappa shape index (κ3) is 4.31. The van der Waals surface area contributed by atoms with Crippen molar-refractivity contribution in [2.75, 3.05) is 13.7 Å². The molecule has 170 valence electrons. The lowest BCUT2D eigenvalue weighted by Crippen LogP contribution is -2.39. The SMILES string of the molecule is CCOC(=O)C1=C(C)N=c2s/c(=C/c3ccc(OC)c(O)c3)c(=O)n2[C@H]1c1ccc(Cl)cc1. The van der Waals surface area contributed by atoms with E-state index in [0.717, 1.165) is 0 Å². The van der Waals surface area contributed by atoms with Gasteiger partial charge >= 0.3 is 5.97 Å². The van der Waals surface area contributed by atoms with Gasteiger partial charge in [-0.3, -0.25) is 9.36 Å². The summed E-state index contributed by atoms with van der Waals surface area (Å²) in [5.41, 5.74) is 1.83. The first-order chi connectivity index (χ1) is 15.8. The summed E-state index contributed by atoms with van der Waals surface area (Å²) in [6.45, 7) is 3.66. The molecular formula is C24H21ClN2O5S. The minimum atomic E-state index is -0.705. The summed E-state index contributed by atoms with van der Waals surface area (Å²) in [7, 11) is 1.47. The summed E-state index contributed by atoms with van der Waals surface area (Å²) in [6.07, 6.45) is 1.67. The standard InChI is InChI=1S/C24H21ClN2O5S/c1-4-32-23(30)20-13(2)26-24-27(21(20)15-6-8-16(25)9-7-15)22(29)19(33-24)12-14-5-10-18(31-3)17(28)11-14/h5-12,21,28H,4H2,1-3H3/b19-12+/t21-/m0/s1. The normalized spacial score (nSPS) is 15.8. The summed E-state index contributed by atoms with van der Waals surface area (Å²) in [5, 5.41) is 10.6. The average molecular weight is 485 g/mol. The van der Waals surface area contributed by atoms with Crippen LogP contribution in [0, 0.1) is 0 Å². The third-order valence-electron chi connectivity index (χ3n) is 5.20. The number of hydrogen-bond acceptors (Lipinski definition) is 7. The highest BCUT2D eigenvalue weighted by Gasteiger charge is 2.33. The van der Waals surface area contributed by atoms with Gasteiger partial charge in [0.2, 0.25) is 0 Å². The van der Waals surface area contributed by atoms with Crippen LogP contribution < -0.4 is 19.6 Å². The Morgan fingerprint density at radius 1 is 1.27 bits per heavy atom. The number of phenols is 1. The van der Waals surface area contributed by atoms with Gasteiger partial charge in [0.25, 0.3) is 5.56 Å². The van der Waals surface area contributed by atoms with Crippen molar-refractivity contribution < 1.29 is 19.4 Å². The van der Waals surface area contributed by atoms with Gasteiger partial charge < -0.3 is 14.6 Å². The van der Waals surface area contributed by atoms with Crippen molar-refractivity contribution in [1.29, 1.82) is 0 Å². The third-order valence-corrected chi connectivity index (χ3v) is 6.44. The number of benzene rings is 2. The van der Waals surface area contributed by atoms with Crippen molar-refractivity contribution in [2.24, 2.45) is 4.99 Å². The van der Waals surface area contributed by atoms with Crippen molar-refractivity contribution in [3.05, 3.63) is 89.6 Å². The minimum Gasteiger partial charge on any atom is -0.504 e. The molecule has 2 aromatic carbocycles. The number of fused-ring (bicyclic) bond motifs is 1. The van der Waals surface area contributed by atoms with Gasteiger partial charge in [-0.25, -0.2) is 9.79 Å². The molecule has 2 heterocycles. The van der Waals surface area contributed by atoms with E-state index in [9.17, 15) is 14.7 Å². The fourth-order valence-electron chi connectivity index (χ4n) is 3.70. The summed E-state index contributed by atoms with van der Waals surface area (Å²) in [4.78, 5) is 31.4. The number of halogens is 1. The fourth-order valence-corrected chi connectivity index (χ4v) is 4.87. The molecule has 0 fully saturated rings. The first-order valence-electron chi connectivity index (χ1n) is 10.2. The molecule has 0 bridgehead atoms. The molecule has 9 heteroatoms. The number of allylic oxidation sites excluding steroid dienone is 1. The Bertz CT molecular complexity index is 1440. The van der Waals surface area contributed by atoms with Gasteiger partial charge in [-0.15, -0.1) is 0 Å². The first-order valence-corrected chi connectivity index (χ1v) is 11.4. The summed E-state index contributed by atoms with van der Waals surface area (Å²) >= 11 is 7.27. The molecule has 0 saturated carbocycles. The topological polar surface area (TPSA) is 90.1 Å². The maximum absolute atomic E-state index is 13.5. The maximum Gasteiger partial charge on any atom is 0.338 e. The molecule has 1 aliphatic heterocycles. The number of ether oxygens (including phenoxy) is 2. The summed E-state index contributed by atoms with van der Waals surface area (Å²) < 4.78 is 12.3. The van der Waals surface area contributed by atoms with Crippen LogP contribution in [0.2, 0.25) is 5.02 Å². The molecule has 3 aromatic rings. The molecule has 1 aliphatic rings. The Hall–Kier alpha value is -3.36. The predicted octanol–water partition coefficient (Wildman–Crippen LogP) is 3.17. The Morgan fingerprint density at radius 2 is 2.00 bits per heavy atom. The van der Waals surface area contributed by atoms with Crippen LogP contribution in [0.3, 0.4) is 0 Å². The van der Waals surface area contributed by atoms with E-state index in [2.05, 4.69) is 4.99 Å². The number of carbonyl (C=O) groups excluding carboxylic acids is 1. The maximum atomic E-state index is 13.5. The number of thiazole rings is 1. The molecule has 33 heavy (non-hydrogen) atoms. The zero-order chi connectivity index (χ0) is 23.7. The van der Waals surface area contributed by atoms with E-state index in [1.807, 2.05) is 0 Å². The Kier molecular flexibility index (Phi) is 6.40. The number of esters is 1. The molecule has 0 spiro atoms. The van der Waals surface area contributed by atoms with E-state index < -0.39 is 12.0 Å². The molecule has 7 nitrogen and oxygen atoms in total. The van der Waals surface area contributed by atoms with Crippen molar-refractivity contribution in [2.45, 2.75) is 19.9 Å². The second kappa shape index (κ2) is 9.25. The van der Waals surface area contributed by atoms with Gasteiger partial charge in [-0.2, -0.15) is 0 Å². The van der Waals surface area contributed by atoms with E-state index in [0.29, 0.717) is 42.5 Å². The zero-order valence-corrected chi connectivity index (χ0v) is 19.7. The lowest BCUT2D eigenvalue weighted by atomic mass is 9.96.